The van der Waals surface area contributed by atoms with Crippen LogP contribution in [0.1, 0.15) is 5.56 Å². The summed E-state index contributed by atoms with van der Waals surface area (Å²) in [4.78, 5) is 9.34. The minimum Gasteiger partial charge on any atom is -0.398 e. The average molecular weight is 285 g/mol. The normalized spacial score (nSPS) is 11.5. The Morgan fingerprint density at radius 3 is 2.33 bits per heavy atom. The molecule has 0 aliphatic rings. The highest BCUT2D eigenvalue weighted by Crippen LogP contribution is 2.42. The fourth-order valence-electron chi connectivity index (χ4n) is 0.987. The smallest absolute Gasteiger partial charge is 0.398 e. The van der Waals surface area contributed by atoms with Crippen molar-refractivity contribution in [3.63, 3.8) is 0 Å². The van der Waals surface area contributed by atoms with Crippen molar-refractivity contribution < 1.29 is 18.1 Å². The fourth-order valence-corrected chi connectivity index (χ4v) is 1.48. The van der Waals surface area contributed by atoms with Gasteiger partial charge >= 0.3 is 6.18 Å². The third-order valence-corrected chi connectivity index (χ3v) is 2.47. The molecule has 0 bridgehead atoms. The highest BCUT2D eigenvalue weighted by atomic mass is 79.9. The first-order valence-electron chi connectivity index (χ1n) is 3.54. The lowest BCUT2D eigenvalue weighted by molar-refractivity contribution is -0.388. The molecule has 2 N–H and O–H groups in total. The molecule has 0 aromatic heterocycles. The predicted octanol–water partition coefficient (Wildman–Crippen LogP) is 2.96. The number of nitro benzene ring substituents is 1. The van der Waals surface area contributed by atoms with Gasteiger partial charge < -0.3 is 5.73 Å². The van der Waals surface area contributed by atoms with E-state index in [9.17, 15) is 23.3 Å². The summed E-state index contributed by atoms with van der Waals surface area (Å²) in [7, 11) is 0. The van der Waals surface area contributed by atoms with Crippen molar-refractivity contribution in [3.05, 3.63) is 32.3 Å². The zero-order valence-corrected chi connectivity index (χ0v) is 8.59. The van der Waals surface area contributed by atoms with E-state index in [0.29, 0.717) is 6.07 Å². The second-order valence-electron chi connectivity index (χ2n) is 2.62. The molecule has 0 fully saturated rings. The van der Waals surface area contributed by atoms with Crippen LogP contribution in [-0.4, -0.2) is 4.92 Å². The van der Waals surface area contributed by atoms with Crippen LogP contribution in [0.4, 0.5) is 24.5 Å². The fraction of sp³-hybridized carbons (Fsp3) is 0.143. The molecule has 1 rings (SSSR count). The van der Waals surface area contributed by atoms with E-state index in [-0.39, 0.29) is 10.2 Å². The number of anilines is 1. The molecule has 0 unspecified atom stereocenters. The Hall–Kier alpha value is -1.31. The van der Waals surface area contributed by atoms with Crippen molar-refractivity contribution in [1.82, 2.24) is 0 Å². The summed E-state index contributed by atoms with van der Waals surface area (Å²) < 4.78 is 36.7. The summed E-state index contributed by atoms with van der Waals surface area (Å²) in [5.41, 5.74) is 2.74. The number of hydrogen-bond donors (Lipinski definition) is 1. The number of halogens is 4. The molecule has 0 aliphatic carbocycles. The van der Waals surface area contributed by atoms with Crippen LogP contribution in [0, 0.1) is 10.1 Å². The second-order valence-corrected chi connectivity index (χ2v) is 3.41. The number of nitrogens with zero attached hydrogens (tertiary/aromatic N) is 1. The molecule has 15 heavy (non-hydrogen) atoms. The molecule has 4 nitrogen and oxygen atoms in total. The second kappa shape index (κ2) is 3.69. The topological polar surface area (TPSA) is 69.2 Å². The van der Waals surface area contributed by atoms with E-state index in [1.54, 1.807) is 0 Å². The number of nitrogen functional groups attached to an aromatic ring is 1. The van der Waals surface area contributed by atoms with Gasteiger partial charge in [0.15, 0.2) is 0 Å². The maximum Gasteiger partial charge on any atom is 0.423 e. The van der Waals surface area contributed by atoms with Gasteiger partial charge in [0.25, 0.3) is 5.69 Å². The van der Waals surface area contributed by atoms with Gasteiger partial charge in [-0.25, -0.2) is 0 Å². The lowest BCUT2D eigenvalue weighted by atomic mass is 10.1. The summed E-state index contributed by atoms with van der Waals surface area (Å²) in [6.07, 6.45) is -4.78. The Morgan fingerprint density at radius 1 is 1.40 bits per heavy atom. The molecule has 0 saturated carbocycles. The Balaban J connectivity index is 3.55. The Bertz CT molecular complexity index is 419. The first-order chi connectivity index (χ1) is 6.75. The Labute approximate surface area is 90.2 Å². The van der Waals surface area contributed by atoms with E-state index in [0.717, 1.165) is 6.07 Å². The van der Waals surface area contributed by atoms with Crippen LogP contribution in [0.15, 0.2) is 16.6 Å². The standard InChI is InChI=1S/C7H4BrF3N2O2/c8-5-4(12)2-1-3(7(9,10)11)6(5)13(14)15/h1-2H,12H2. The van der Waals surface area contributed by atoms with Crippen molar-refractivity contribution in [2.24, 2.45) is 0 Å². The van der Waals surface area contributed by atoms with E-state index in [4.69, 9.17) is 5.73 Å². The highest BCUT2D eigenvalue weighted by molar-refractivity contribution is 9.10. The molecule has 0 aliphatic heterocycles. The lowest BCUT2D eigenvalue weighted by Gasteiger charge is -2.09. The average Bonchev–Trinajstić information content (AvgIpc) is 2.06. The molecule has 1 aromatic rings. The van der Waals surface area contributed by atoms with Gasteiger partial charge in [0.1, 0.15) is 10.0 Å². The Kier molecular flexibility index (Phi) is 2.89. The molecule has 0 radical (unpaired) electrons. The summed E-state index contributed by atoms with van der Waals surface area (Å²) in [6.45, 7) is 0. The van der Waals surface area contributed by atoms with Crippen LogP contribution in [0.3, 0.4) is 0 Å². The maximum atomic E-state index is 12.4. The van der Waals surface area contributed by atoms with E-state index in [1.165, 1.54) is 0 Å². The number of hydrogen-bond acceptors (Lipinski definition) is 3. The van der Waals surface area contributed by atoms with E-state index >= 15 is 0 Å². The van der Waals surface area contributed by atoms with Gasteiger partial charge in [-0.15, -0.1) is 0 Å². The monoisotopic (exact) mass is 284 g/mol. The number of alkyl halides is 3. The number of rotatable bonds is 1. The van der Waals surface area contributed by atoms with Gasteiger partial charge in [-0.1, -0.05) is 0 Å². The molecule has 0 heterocycles. The first kappa shape index (κ1) is 11.8. The minimum absolute atomic E-state index is 0.116. The summed E-state index contributed by atoms with van der Waals surface area (Å²) in [6, 6.07) is 1.54. The summed E-state index contributed by atoms with van der Waals surface area (Å²) in [5.74, 6) is 0. The van der Waals surface area contributed by atoms with E-state index in [2.05, 4.69) is 15.9 Å². The van der Waals surface area contributed by atoms with Crippen LogP contribution in [-0.2, 0) is 6.18 Å². The minimum atomic E-state index is -4.78. The van der Waals surface area contributed by atoms with Crippen molar-refractivity contribution >= 4 is 27.3 Å². The van der Waals surface area contributed by atoms with Gasteiger partial charge in [-0.05, 0) is 28.1 Å². The van der Waals surface area contributed by atoms with E-state index in [1.807, 2.05) is 0 Å². The van der Waals surface area contributed by atoms with Gasteiger partial charge in [-0.3, -0.25) is 10.1 Å². The zero-order valence-electron chi connectivity index (χ0n) is 7.01. The molecular formula is C7H4BrF3N2O2. The number of nitro groups is 1. The predicted molar refractivity (Wildman–Crippen MR) is 50.2 cm³/mol. The van der Waals surface area contributed by atoms with Gasteiger partial charge in [0, 0.05) is 0 Å². The summed E-state index contributed by atoms with van der Waals surface area (Å²) >= 11 is 2.66. The molecule has 0 amide bonds. The molecule has 0 atom stereocenters. The summed E-state index contributed by atoms with van der Waals surface area (Å²) in [5, 5.41) is 10.5. The van der Waals surface area contributed by atoms with Gasteiger partial charge in [-0.2, -0.15) is 13.2 Å². The van der Waals surface area contributed by atoms with Crippen molar-refractivity contribution in [3.8, 4) is 0 Å². The highest BCUT2D eigenvalue weighted by Gasteiger charge is 2.39. The third kappa shape index (κ3) is 2.20. The molecule has 1 aromatic carbocycles. The molecule has 8 heteroatoms. The number of benzene rings is 1. The molecular weight excluding hydrogens is 281 g/mol. The molecule has 0 spiro atoms. The van der Waals surface area contributed by atoms with E-state index < -0.39 is 22.4 Å². The first-order valence-corrected chi connectivity index (χ1v) is 4.34. The largest absolute Gasteiger partial charge is 0.423 e. The van der Waals surface area contributed by atoms with Crippen molar-refractivity contribution in [1.29, 1.82) is 0 Å². The number of nitrogens with two attached hydrogens (primary N) is 1. The third-order valence-electron chi connectivity index (χ3n) is 1.63. The molecule has 82 valence electrons. The SMILES string of the molecule is Nc1ccc(C(F)(F)F)c([N+](=O)[O-])c1Br. The van der Waals surface area contributed by atoms with Crippen molar-refractivity contribution in [2.75, 3.05) is 5.73 Å². The van der Waals surface area contributed by atoms with Gasteiger partial charge in [0.05, 0.1) is 10.6 Å². The van der Waals surface area contributed by atoms with Crippen LogP contribution >= 0.6 is 15.9 Å². The maximum absolute atomic E-state index is 12.4. The molecule has 0 saturated heterocycles. The lowest BCUT2D eigenvalue weighted by Crippen LogP contribution is -2.10. The van der Waals surface area contributed by atoms with Crippen LogP contribution in [0.5, 0.6) is 0 Å². The van der Waals surface area contributed by atoms with Crippen LogP contribution < -0.4 is 5.73 Å². The van der Waals surface area contributed by atoms with Crippen LogP contribution in [0.25, 0.3) is 0 Å². The Morgan fingerprint density at radius 2 is 1.93 bits per heavy atom. The van der Waals surface area contributed by atoms with Crippen molar-refractivity contribution in [2.45, 2.75) is 6.18 Å². The quantitative estimate of drug-likeness (QED) is 0.490. The van der Waals surface area contributed by atoms with Crippen LogP contribution in [0.2, 0.25) is 0 Å². The van der Waals surface area contributed by atoms with Gasteiger partial charge in [0.2, 0.25) is 0 Å². The zero-order chi connectivity index (χ0) is 11.8.